The molecule has 0 bridgehead atoms. The summed E-state index contributed by atoms with van der Waals surface area (Å²) in [7, 11) is 0. The van der Waals surface area contributed by atoms with Gasteiger partial charge in [-0.05, 0) is 51.3 Å². The minimum absolute atomic E-state index is 0.0820. The summed E-state index contributed by atoms with van der Waals surface area (Å²) in [6, 6.07) is 5.86. The van der Waals surface area contributed by atoms with E-state index in [-0.39, 0.29) is 18.0 Å². The molecule has 0 N–H and O–H groups in total. The Balaban J connectivity index is 2.48. The number of hydrogen-bond acceptors (Lipinski definition) is 2. The predicted molar refractivity (Wildman–Crippen MR) is 89.0 cm³/mol. The molecule has 2 unspecified atom stereocenters. The third-order valence-electron chi connectivity index (χ3n) is 4.06. The maximum Gasteiger partial charge on any atom is 0.191 e. The van der Waals surface area contributed by atoms with Gasteiger partial charge in [-0.2, -0.15) is 0 Å². The highest BCUT2D eigenvalue weighted by molar-refractivity contribution is 5.99. The maximum absolute atomic E-state index is 12.4. The van der Waals surface area contributed by atoms with Crippen LogP contribution in [0, 0.1) is 13.8 Å². The lowest BCUT2D eigenvalue weighted by Gasteiger charge is -2.18. The van der Waals surface area contributed by atoms with Crippen molar-refractivity contribution in [1.82, 2.24) is 0 Å². The molecule has 0 aliphatic carbocycles. The second-order valence-corrected chi connectivity index (χ2v) is 6.10. The number of carbonyl (C=O) groups excluding carboxylic acids is 1. The van der Waals surface area contributed by atoms with Gasteiger partial charge in [-0.3, -0.25) is 4.79 Å². The highest BCUT2D eigenvalue weighted by Gasteiger charge is 2.18. The van der Waals surface area contributed by atoms with Crippen LogP contribution in [-0.4, -0.2) is 18.0 Å². The molecule has 0 amide bonds. The van der Waals surface area contributed by atoms with Crippen molar-refractivity contribution in [2.75, 3.05) is 0 Å². The molecule has 1 aromatic carbocycles. The second kappa shape index (κ2) is 8.99. The fourth-order valence-corrected chi connectivity index (χ4v) is 2.47. The van der Waals surface area contributed by atoms with Crippen LogP contribution in [0.2, 0.25) is 0 Å². The van der Waals surface area contributed by atoms with Gasteiger partial charge in [0.05, 0.1) is 6.10 Å². The summed E-state index contributed by atoms with van der Waals surface area (Å²) < 4.78 is 5.87. The molecule has 2 nitrogen and oxygen atoms in total. The van der Waals surface area contributed by atoms with Crippen molar-refractivity contribution in [3.63, 3.8) is 0 Å². The maximum atomic E-state index is 12.4. The van der Waals surface area contributed by atoms with Gasteiger partial charge in [-0.15, -0.1) is 0 Å². The van der Waals surface area contributed by atoms with E-state index in [9.17, 15) is 4.79 Å². The molecular formula is C19H30O2. The van der Waals surface area contributed by atoms with E-state index in [1.807, 2.05) is 32.0 Å². The smallest absolute Gasteiger partial charge is 0.191 e. The molecule has 0 aliphatic rings. The molecule has 21 heavy (non-hydrogen) atoms. The molecule has 0 aromatic heterocycles. The van der Waals surface area contributed by atoms with Crippen molar-refractivity contribution < 1.29 is 9.53 Å². The van der Waals surface area contributed by atoms with Crippen LogP contribution >= 0.6 is 0 Å². The lowest BCUT2D eigenvalue weighted by Crippen LogP contribution is -2.25. The van der Waals surface area contributed by atoms with E-state index in [0.717, 1.165) is 17.5 Å². The molecule has 0 saturated heterocycles. The van der Waals surface area contributed by atoms with Crippen molar-refractivity contribution in [3.8, 4) is 0 Å². The first-order valence-corrected chi connectivity index (χ1v) is 8.22. The molecule has 118 valence electrons. The Labute approximate surface area is 129 Å². The first kappa shape index (κ1) is 17.9. The van der Waals surface area contributed by atoms with E-state index in [1.165, 1.54) is 31.2 Å². The zero-order chi connectivity index (χ0) is 15.8. The van der Waals surface area contributed by atoms with E-state index in [4.69, 9.17) is 4.74 Å². The topological polar surface area (TPSA) is 26.3 Å². The SMILES string of the molecule is CCCCCCC(C)OC(C)C(=O)c1ccc(C)c(C)c1. The Hall–Kier alpha value is -1.15. The zero-order valence-electron chi connectivity index (χ0n) is 14.2. The average Bonchev–Trinajstić information content (AvgIpc) is 2.45. The number of ketones is 1. The van der Waals surface area contributed by atoms with Gasteiger partial charge in [0.25, 0.3) is 0 Å². The number of ether oxygens (including phenoxy) is 1. The van der Waals surface area contributed by atoms with E-state index < -0.39 is 0 Å². The molecule has 2 atom stereocenters. The lowest BCUT2D eigenvalue weighted by atomic mass is 10.0. The van der Waals surface area contributed by atoms with Crippen LogP contribution in [0.1, 0.15) is 74.4 Å². The molecule has 0 heterocycles. The first-order valence-electron chi connectivity index (χ1n) is 8.22. The largest absolute Gasteiger partial charge is 0.367 e. The van der Waals surface area contributed by atoms with Crippen molar-refractivity contribution in [1.29, 1.82) is 0 Å². The molecule has 1 aromatic rings. The Morgan fingerprint density at radius 3 is 2.43 bits per heavy atom. The van der Waals surface area contributed by atoms with Crippen molar-refractivity contribution in [2.24, 2.45) is 0 Å². The van der Waals surface area contributed by atoms with E-state index >= 15 is 0 Å². The van der Waals surface area contributed by atoms with Gasteiger partial charge in [0.2, 0.25) is 0 Å². The van der Waals surface area contributed by atoms with Crippen molar-refractivity contribution >= 4 is 5.78 Å². The molecule has 0 saturated carbocycles. The van der Waals surface area contributed by atoms with Gasteiger partial charge < -0.3 is 4.74 Å². The Bertz CT molecular complexity index is 451. The second-order valence-electron chi connectivity index (χ2n) is 6.10. The van der Waals surface area contributed by atoms with E-state index in [1.54, 1.807) is 0 Å². The number of benzene rings is 1. The van der Waals surface area contributed by atoms with Crippen LogP contribution in [0.25, 0.3) is 0 Å². The standard InChI is InChI=1S/C19H30O2/c1-6-7-8-9-10-16(4)21-17(5)19(20)18-12-11-14(2)15(3)13-18/h11-13,16-17H,6-10H2,1-5H3. The molecule has 0 aliphatic heterocycles. The minimum Gasteiger partial charge on any atom is -0.367 e. The molecule has 0 fully saturated rings. The lowest BCUT2D eigenvalue weighted by molar-refractivity contribution is 0.00833. The number of rotatable bonds is 9. The normalized spacial score (nSPS) is 14.0. The molecule has 1 rings (SSSR count). The quantitative estimate of drug-likeness (QED) is 0.458. The third kappa shape index (κ3) is 6.01. The van der Waals surface area contributed by atoms with Crippen LogP contribution < -0.4 is 0 Å². The predicted octanol–water partition coefficient (Wildman–Crippen LogP) is 5.25. The Morgan fingerprint density at radius 2 is 1.81 bits per heavy atom. The van der Waals surface area contributed by atoms with Crippen LogP contribution in [0.5, 0.6) is 0 Å². The highest BCUT2D eigenvalue weighted by atomic mass is 16.5. The summed E-state index contributed by atoms with van der Waals surface area (Å²) in [5.74, 6) is 0.0820. The number of carbonyl (C=O) groups is 1. The van der Waals surface area contributed by atoms with E-state index in [0.29, 0.717) is 0 Å². The van der Waals surface area contributed by atoms with Crippen LogP contribution in [0.3, 0.4) is 0 Å². The summed E-state index contributed by atoms with van der Waals surface area (Å²) in [6.07, 6.45) is 5.77. The summed E-state index contributed by atoms with van der Waals surface area (Å²) in [6.45, 7) is 10.2. The van der Waals surface area contributed by atoms with Crippen molar-refractivity contribution in [2.45, 2.75) is 78.9 Å². The number of Topliss-reactive ketones (excluding diaryl/α,β-unsaturated/α-hetero) is 1. The average molecular weight is 290 g/mol. The van der Waals surface area contributed by atoms with Crippen molar-refractivity contribution in [3.05, 3.63) is 34.9 Å². The van der Waals surface area contributed by atoms with Gasteiger partial charge in [-0.1, -0.05) is 44.7 Å². The Kier molecular flexibility index (Phi) is 7.66. The van der Waals surface area contributed by atoms with Crippen LogP contribution in [0.15, 0.2) is 18.2 Å². The summed E-state index contributed by atoms with van der Waals surface area (Å²) in [5.41, 5.74) is 3.12. The fourth-order valence-electron chi connectivity index (χ4n) is 2.47. The first-order chi connectivity index (χ1) is 9.95. The fraction of sp³-hybridized carbons (Fsp3) is 0.632. The molecule has 0 spiro atoms. The number of hydrogen-bond donors (Lipinski definition) is 0. The molecule has 0 radical (unpaired) electrons. The highest BCUT2D eigenvalue weighted by Crippen LogP contribution is 2.15. The van der Waals surface area contributed by atoms with E-state index in [2.05, 4.69) is 20.8 Å². The third-order valence-corrected chi connectivity index (χ3v) is 4.06. The van der Waals surface area contributed by atoms with Crippen LogP contribution in [-0.2, 0) is 4.74 Å². The number of unbranched alkanes of at least 4 members (excludes halogenated alkanes) is 3. The van der Waals surface area contributed by atoms with Gasteiger partial charge in [0.1, 0.15) is 6.10 Å². The van der Waals surface area contributed by atoms with Gasteiger partial charge in [-0.25, -0.2) is 0 Å². The zero-order valence-corrected chi connectivity index (χ0v) is 14.2. The van der Waals surface area contributed by atoms with Gasteiger partial charge in [0.15, 0.2) is 5.78 Å². The Morgan fingerprint density at radius 1 is 1.10 bits per heavy atom. The monoisotopic (exact) mass is 290 g/mol. The van der Waals surface area contributed by atoms with Gasteiger partial charge >= 0.3 is 0 Å². The minimum atomic E-state index is -0.367. The van der Waals surface area contributed by atoms with Crippen LogP contribution in [0.4, 0.5) is 0 Å². The van der Waals surface area contributed by atoms with Gasteiger partial charge in [0, 0.05) is 5.56 Å². The molecular weight excluding hydrogens is 260 g/mol. The molecule has 2 heteroatoms. The summed E-state index contributed by atoms with van der Waals surface area (Å²) >= 11 is 0. The number of aryl methyl sites for hydroxylation is 2. The summed E-state index contributed by atoms with van der Waals surface area (Å²) in [5, 5.41) is 0. The summed E-state index contributed by atoms with van der Waals surface area (Å²) in [4.78, 5) is 12.4.